The zero-order chi connectivity index (χ0) is 43.4. The van der Waals surface area contributed by atoms with Gasteiger partial charge >= 0.3 is 5.97 Å². The molecule has 1 unspecified atom stereocenters. The Labute approximate surface area is 355 Å². The van der Waals surface area contributed by atoms with Gasteiger partial charge in [-0.25, -0.2) is 13.1 Å². The molecule has 0 radical (unpaired) electrons. The smallest absolute Gasteiger partial charge is 0.306 e. The van der Waals surface area contributed by atoms with Crippen molar-refractivity contribution in [2.45, 2.75) is 127 Å². The second kappa shape index (κ2) is 29.5. The van der Waals surface area contributed by atoms with E-state index in [9.17, 15) is 22.7 Å². The summed E-state index contributed by atoms with van der Waals surface area (Å²) in [5, 5.41) is 8.46. The number of likely N-dealkylation sites (N-methyl/N-ethyl adjacent to an activating group) is 1. The molecule has 0 bridgehead atoms. The van der Waals surface area contributed by atoms with Crippen LogP contribution in [-0.2, 0) is 37.9 Å². The molecule has 2 aromatic rings. The third-order valence-electron chi connectivity index (χ3n) is 9.57. The zero-order valence-corrected chi connectivity index (χ0v) is 38.5. The lowest BCUT2D eigenvalue weighted by molar-refractivity contribution is -0.870. The molecule has 0 heterocycles. The van der Waals surface area contributed by atoms with E-state index >= 15 is 0 Å². The topological polar surface area (TPSA) is 168 Å². The number of hydrogen-bond donors (Lipinski definition) is 1. The number of rotatable bonds is 35. The van der Waals surface area contributed by atoms with Gasteiger partial charge in [-0.05, 0) is 67.8 Å². The van der Waals surface area contributed by atoms with Gasteiger partial charge in [0, 0.05) is 39.4 Å². The quantitative estimate of drug-likeness (QED) is 0.0232. The third-order valence-corrected chi connectivity index (χ3v) is 12.0. The molecule has 2 aromatic carbocycles. The monoisotopic (exact) mass is 867 g/mol. The van der Waals surface area contributed by atoms with Crippen molar-refractivity contribution in [3.63, 3.8) is 0 Å². The van der Waals surface area contributed by atoms with Gasteiger partial charge in [0.1, 0.15) is 19.3 Å². The molecule has 2 atom stereocenters. The van der Waals surface area contributed by atoms with Crippen molar-refractivity contribution in [2.24, 2.45) is 10.2 Å². The number of sulfonamides is 1. The summed E-state index contributed by atoms with van der Waals surface area (Å²) in [4.78, 5) is 27.1. The molecule has 0 saturated carbocycles. The highest BCUT2D eigenvalue weighted by Gasteiger charge is 2.20. The lowest BCUT2D eigenvalue weighted by atomic mass is 10.1. The Balaban J connectivity index is 1.58. The Morgan fingerprint density at radius 3 is 1.83 bits per heavy atom. The van der Waals surface area contributed by atoms with Crippen LogP contribution in [0.4, 0.5) is 17.1 Å². The predicted octanol–water partition coefficient (Wildman–Crippen LogP) is 9.23. The second-order valence-electron chi connectivity index (χ2n) is 16.3. The van der Waals surface area contributed by atoms with E-state index in [1.54, 1.807) is 24.3 Å². The highest BCUT2D eigenvalue weighted by molar-refractivity contribution is 7.89. The summed E-state index contributed by atoms with van der Waals surface area (Å²) in [7, 11) is 1.59. The van der Waals surface area contributed by atoms with Gasteiger partial charge in [-0.15, -0.1) is 0 Å². The van der Waals surface area contributed by atoms with Crippen LogP contribution in [0.2, 0.25) is 0 Å². The fraction of sp³-hybridized carbons (Fsp3) is 0.698. The van der Waals surface area contributed by atoms with Crippen LogP contribution in [-0.4, -0.2) is 99.7 Å². The molecule has 336 valence electrons. The minimum Gasteiger partial charge on any atom is -0.756 e. The van der Waals surface area contributed by atoms with Crippen LogP contribution in [0.15, 0.2) is 63.7 Å². The van der Waals surface area contributed by atoms with E-state index in [2.05, 4.69) is 21.9 Å². The summed E-state index contributed by atoms with van der Waals surface area (Å²) in [6.45, 7) is 3.22. The highest BCUT2D eigenvalue weighted by Crippen LogP contribution is 2.38. The second-order valence-corrected chi connectivity index (χ2v) is 19.5. The SMILES string of the molecule is CCCCCCCCCC(=O)O[C@H](COCCCCCCCCCCCNS(=O)(=O)c1ccc(N=Nc2ccc(N(C)C)cc2)cc1)COP(=O)([O-])OCC[N+](C)(C)C. The standard InChI is InChI=1S/C43H74N5O9PS/c1-7-8-9-10-14-17-20-23-43(49)57-41(37-56-58(50,51)55-35-33-48(4,5)6)36-54-34-22-19-16-13-11-12-15-18-21-32-44-59(52,53)42-30-26-39(27-31-42)46-45-38-24-28-40(29-25-38)47(2)3/h24-31,41,44H,7-23,32-37H2,1-6H3/t41-/m1/s1. The number of hydrogen-bond acceptors (Lipinski definition) is 12. The van der Waals surface area contributed by atoms with Gasteiger partial charge in [0.15, 0.2) is 0 Å². The molecular formula is C43H74N5O9PS. The van der Waals surface area contributed by atoms with E-state index < -0.39 is 23.9 Å². The van der Waals surface area contributed by atoms with Gasteiger partial charge < -0.3 is 32.8 Å². The van der Waals surface area contributed by atoms with Crippen molar-refractivity contribution in [2.75, 3.05) is 79.7 Å². The Bertz CT molecular complexity index is 1600. The molecule has 59 heavy (non-hydrogen) atoms. The fourth-order valence-corrected chi connectivity index (χ4v) is 7.72. The van der Waals surface area contributed by atoms with Gasteiger partial charge in [-0.3, -0.25) is 9.36 Å². The van der Waals surface area contributed by atoms with Crippen LogP contribution in [0.25, 0.3) is 0 Å². The number of quaternary nitrogens is 1. The van der Waals surface area contributed by atoms with Crippen molar-refractivity contribution >= 4 is 40.9 Å². The molecule has 0 aliphatic heterocycles. The van der Waals surface area contributed by atoms with Crippen LogP contribution >= 0.6 is 7.82 Å². The summed E-state index contributed by atoms with van der Waals surface area (Å²) in [6.07, 6.45) is 16.0. The maximum Gasteiger partial charge on any atom is 0.306 e. The van der Waals surface area contributed by atoms with E-state index in [-0.39, 0.29) is 37.1 Å². The maximum absolute atomic E-state index is 12.8. The Morgan fingerprint density at radius 2 is 1.27 bits per heavy atom. The molecule has 2 rings (SSSR count). The van der Waals surface area contributed by atoms with Crippen molar-refractivity contribution in [3.8, 4) is 0 Å². The number of esters is 1. The average Bonchev–Trinajstić information content (AvgIpc) is 3.18. The summed E-state index contributed by atoms with van der Waals surface area (Å²) in [6, 6.07) is 14.1. The van der Waals surface area contributed by atoms with Crippen LogP contribution in [0.5, 0.6) is 0 Å². The summed E-state index contributed by atoms with van der Waals surface area (Å²) in [5.74, 6) is -0.381. The first-order valence-electron chi connectivity index (χ1n) is 21.6. The van der Waals surface area contributed by atoms with Crippen LogP contribution < -0.4 is 14.5 Å². The van der Waals surface area contributed by atoms with E-state index in [0.29, 0.717) is 35.6 Å². The largest absolute Gasteiger partial charge is 0.756 e. The molecule has 14 nitrogen and oxygen atoms in total. The van der Waals surface area contributed by atoms with Crippen molar-refractivity contribution < 1.29 is 45.7 Å². The average molecular weight is 868 g/mol. The number of phosphoric ester groups is 1. The van der Waals surface area contributed by atoms with Crippen LogP contribution in [0.1, 0.15) is 116 Å². The number of nitrogens with one attached hydrogen (secondary N) is 1. The van der Waals surface area contributed by atoms with Crippen molar-refractivity contribution in [3.05, 3.63) is 48.5 Å². The number of azo groups is 1. The highest BCUT2D eigenvalue weighted by atomic mass is 32.2. The molecule has 0 saturated heterocycles. The number of unbranched alkanes of at least 4 members (excludes halogenated alkanes) is 14. The first kappa shape index (κ1) is 52.4. The van der Waals surface area contributed by atoms with E-state index in [1.807, 2.05) is 64.4 Å². The fourth-order valence-electron chi connectivity index (χ4n) is 5.92. The number of ether oxygens (including phenoxy) is 2. The normalized spacial score (nSPS) is 13.7. The first-order chi connectivity index (χ1) is 28.1. The Morgan fingerprint density at radius 1 is 0.746 bits per heavy atom. The molecule has 0 aliphatic carbocycles. The van der Waals surface area contributed by atoms with Crippen molar-refractivity contribution in [1.29, 1.82) is 0 Å². The lowest BCUT2D eigenvalue weighted by Gasteiger charge is -2.28. The lowest BCUT2D eigenvalue weighted by Crippen LogP contribution is -2.37. The predicted molar refractivity (Wildman–Crippen MR) is 234 cm³/mol. The van der Waals surface area contributed by atoms with Gasteiger partial charge in [0.2, 0.25) is 10.0 Å². The molecule has 0 aliphatic rings. The molecule has 16 heteroatoms. The van der Waals surface area contributed by atoms with E-state index in [0.717, 1.165) is 89.2 Å². The Hall–Kier alpha value is -2.75. The summed E-state index contributed by atoms with van der Waals surface area (Å²) in [5.41, 5.74) is 2.35. The van der Waals surface area contributed by atoms with Gasteiger partial charge in [-0.1, -0.05) is 90.4 Å². The number of phosphoric acid groups is 1. The number of anilines is 1. The summed E-state index contributed by atoms with van der Waals surface area (Å²) >= 11 is 0. The maximum atomic E-state index is 12.8. The molecule has 0 aromatic heterocycles. The molecule has 0 amide bonds. The number of nitrogens with zero attached hydrogens (tertiary/aromatic N) is 4. The molecule has 0 fully saturated rings. The first-order valence-corrected chi connectivity index (χ1v) is 24.5. The number of carbonyl (C=O) groups excluding carboxylic acids is 1. The third kappa shape index (κ3) is 26.3. The van der Waals surface area contributed by atoms with Crippen LogP contribution in [0.3, 0.4) is 0 Å². The van der Waals surface area contributed by atoms with Gasteiger partial charge in [-0.2, -0.15) is 10.2 Å². The Kier molecular flexibility index (Phi) is 26.2. The summed E-state index contributed by atoms with van der Waals surface area (Å²) < 4.78 is 62.6. The van der Waals surface area contributed by atoms with Crippen molar-refractivity contribution in [1.82, 2.24) is 4.72 Å². The molecule has 0 spiro atoms. The number of benzene rings is 2. The zero-order valence-electron chi connectivity index (χ0n) is 36.8. The molecule has 1 N–H and O–H groups in total. The van der Waals surface area contributed by atoms with Gasteiger partial charge in [0.25, 0.3) is 7.82 Å². The van der Waals surface area contributed by atoms with E-state index in [4.69, 9.17) is 18.5 Å². The van der Waals surface area contributed by atoms with E-state index in [1.165, 1.54) is 19.3 Å². The van der Waals surface area contributed by atoms with Crippen LogP contribution in [0, 0.1) is 0 Å². The number of carbonyl (C=O) groups is 1. The minimum absolute atomic E-state index is 0.00527. The molecular weight excluding hydrogens is 794 g/mol. The van der Waals surface area contributed by atoms with Gasteiger partial charge in [0.05, 0.1) is 50.6 Å². The minimum atomic E-state index is -4.56.